The first-order chi connectivity index (χ1) is 9.22. The predicted molar refractivity (Wildman–Crippen MR) is 77.3 cm³/mol. The number of hydrogen-bond acceptors (Lipinski definition) is 4. The molecule has 0 saturated carbocycles. The number of ether oxygens (including phenoxy) is 2. The molecule has 0 radical (unpaired) electrons. The van der Waals surface area contributed by atoms with Gasteiger partial charge in [-0.1, -0.05) is 6.07 Å². The Hall–Kier alpha value is -1.26. The van der Waals surface area contributed by atoms with Gasteiger partial charge in [0, 0.05) is 37.0 Å². The van der Waals surface area contributed by atoms with Crippen LogP contribution in [0.4, 0.5) is 5.69 Å². The topological polar surface area (TPSA) is 47.7 Å². The van der Waals surface area contributed by atoms with Crippen molar-refractivity contribution in [2.24, 2.45) is 0 Å². The van der Waals surface area contributed by atoms with Crippen molar-refractivity contribution in [2.75, 3.05) is 32.5 Å². The molecular weight excluding hydrogens is 240 g/mol. The van der Waals surface area contributed by atoms with Crippen molar-refractivity contribution >= 4 is 5.69 Å². The van der Waals surface area contributed by atoms with Crippen LogP contribution in [0, 0.1) is 0 Å². The molecule has 106 valence electrons. The smallest absolute Gasteiger partial charge is 0.125 e. The van der Waals surface area contributed by atoms with Crippen molar-refractivity contribution in [1.29, 1.82) is 0 Å². The third-order valence-corrected chi connectivity index (χ3v) is 3.57. The van der Waals surface area contributed by atoms with Gasteiger partial charge in [0.15, 0.2) is 0 Å². The second-order valence-electron chi connectivity index (χ2n) is 5.03. The molecule has 1 aliphatic rings. The fourth-order valence-corrected chi connectivity index (χ4v) is 2.66. The fourth-order valence-electron chi connectivity index (χ4n) is 2.66. The minimum Gasteiger partial charge on any atom is -0.496 e. The Labute approximate surface area is 115 Å². The molecule has 1 heterocycles. The lowest BCUT2D eigenvalue weighted by atomic mass is 10.1. The lowest BCUT2D eigenvalue weighted by molar-refractivity contribution is 0.00346. The van der Waals surface area contributed by atoms with Gasteiger partial charge >= 0.3 is 0 Å². The van der Waals surface area contributed by atoms with Crippen molar-refractivity contribution in [1.82, 2.24) is 4.90 Å². The lowest BCUT2D eigenvalue weighted by Gasteiger charge is -2.32. The highest BCUT2D eigenvalue weighted by Crippen LogP contribution is 2.24. The number of nitrogen functional groups attached to an aromatic ring is 1. The summed E-state index contributed by atoms with van der Waals surface area (Å²) in [6.45, 7) is 5.87. The van der Waals surface area contributed by atoms with Gasteiger partial charge in [0.2, 0.25) is 0 Å². The largest absolute Gasteiger partial charge is 0.496 e. The van der Waals surface area contributed by atoms with Gasteiger partial charge in [0.1, 0.15) is 5.75 Å². The van der Waals surface area contributed by atoms with Crippen molar-refractivity contribution in [3.63, 3.8) is 0 Å². The van der Waals surface area contributed by atoms with Crippen LogP contribution in [0.25, 0.3) is 0 Å². The van der Waals surface area contributed by atoms with Crippen LogP contribution in [-0.4, -0.2) is 37.8 Å². The van der Waals surface area contributed by atoms with Gasteiger partial charge in [-0.25, -0.2) is 0 Å². The summed E-state index contributed by atoms with van der Waals surface area (Å²) in [5, 5.41) is 0. The summed E-state index contributed by atoms with van der Waals surface area (Å²) in [5.41, 5.74) is 7.72. The second kappa shape index (κ2) is 6.78. The highest BCUT2D eigenvalue weighted by atomic mass is 16.5. The van der Waals surface area contributed by atoms with Crippen LogP contribution in [0.1, 0.15) is 25.3 Å². The fraction of sp³-hybridized carbons (Fsp3) is 0.600. The quantitative estimate of drug-likeness (QED) is 0.829. The number of nitrogens with two attached hydrogens (primary N) is 1. The van der Waals surface area contributed by atoms with Gasteiger partial charge < -0.3 is 15.2 Å². The maximum Gasteiger partial charge on any atom is 0.125 e. The Kier molecular flexibility index (Phi) is 5.05. The first kappa shape index (κ1) is 14.2. The zero-order valence-electron chi connectivity index (χ0n) is 11.9. The van der Waals surface area contributed by atoms with E-state index in [1.165, 1.54) is 18.4 Å². The maximum atomic E-state index is 5.78. The molecule has 4 heteroatoms. The van der Waals surface area contributed by atoms with Crippen LogP contribution in [-0.2, 0) is 11.3 Å². The molecule has 19 heavy (non-hydrogen) atoms. The molecule has 1 atom stereocenters. The summed E-state index contributed by atoms with van der Waals surface area (Å²) >= 11 is 0. The standard InChI is InChI=1S/C15H24N2O2/c1-3-19-14-5-4-8-17(11-14)10-12-6-7-13(16)9-15(12)18-2/h6-7,9,14H,3-5,8,10-11,16H2,1-2H3. The van der Waals surface area contributed by atoms with Crippen LogP contribution in [0.5, 0.6) is 5.75 Å². The first-order valence-electron chi connectivity index (χ1n) is 6.99. The first-order valence-corrected chi connectivity index (χ1v) is 6.99. The van der Waals surface area contributed by atoms with Crippen molar-refractivity contribution < 1.29 is 9.47 Å². The number of anilines is 1. The minimum absolute atomic E-state index is 0.374. The summed E-state index contributed by atoms with van der Waals surface area (Å²) in [7, 11) is 1.69. The molecule has 1 aromatic rings. The zero-order valence-corrected chi connectivity index (χ0v) is 11.9. The summed E-state index contributed by atoms with van der Waals surface area (Å²) in [6.07, 6.45) is 2.74. The highest BCUT2D eigenvalue weighted by Gasteiger charge is 2.20. The van der Waals surface area contributed by atoms with Crippen LogP contribution >= 0.6 is 0 Å². The molecule has 2 rings (SSSR count). The van der Waals surface area contributed by atoms with E-state index in [1.54, 1.807) is 7.11 Å². The van der Waals surface area contributed by atoms with Crippen molar-refractivity contribution in [3.05, 3.63) is 23.8 Å². The van der Waals surface area contributed by atoms with E-state index in [0.29, 0.717) is 6.10 Å². The van der Waals surface area contributed by atoms with E-state index < -0.39 is 0 Å². The summed E-state index contributed by atoms with van der Waals surface area (Å²) in [6, 6.07) is 5.87. The Morgan fingerprint density at radius 1 is 1.42 bits per heavy atom. The average molecular weight is 264 g/mol. The molecule has 1 unspecified atom stereocenters. The van der Waals surface area contributed by atoms with Crippen molar-refractivity contribution in [3.8, 4) is 5.75 Å². The van der Waals surface area contributed by atoms with Gasteiger partial charge in [-0.3, -0.25) is 4.90 Å². The number of hydrogen-bond donors (Lipinski definition) is 1. The monoisotopic (exact) mass is 264 g/mol. The highest BCUT2D eigenvalue weighted by molar-refractivity contribution is 5.48. The molecule has 1 saturated heterocycles. The van der Waals surface area contributed by atoms with Crippen LogP contribution in [0.2, 0.25) is 0 Å². The molecule has 1 aliphatic heterocycles. The zero-order chi connectivity index (χ0) is 13.7. The van der Waals surface area contributed by atoms with Gasteiger partial charge in [0.25, 0.3) is 0 Å². The maximum absolute atomic E-state index is 5.78. The third kappa shape index (κ3) is 3.85. The number of piperidine rings is 1. The number of benzene rings is 1. The van der Waals surface area contributed by atoms with Gasteiger partial charge in [-0.05, 0) is 32.4 Å². The molecule has 0 aromatic heterocycles. The van der Waals surface area contributed by atoms with Crippen LogP contribution in [0.3, 0.4) is 0 Å². The van der Waals surface area contributed by atoms with E-state index >= 15 is 0 Å². The summed E-state index contributed by atoms with van der Waals surface area (Å²) < 4.78 is 11.1. The number of methoxy groups -OCH3 is 1. The van der Waals surface area contributed by atoms with E-state index in [9.17, 15) is 0 Å². The predicted octanol–water partition coefficient (Wildman–Crippen LogP) is 2.28. The summed E-state index contributed by atoms with van der Waals surface area (Å²) in [5.74, 6) is 0.874. The molecule has 0 aliphatic carbocycles. The van der Waals surface area contributed by atoms with E-state index in [2.05, 4.69) is 17.9 Å². The molecule has 1 aromatic carbocycles. The van der Waals surface area contributed by atoms with Gasteiger partial charge in [0.05, 0.1) is 13.2 Å². The molecule has 0 bridgehead atoms. The number of rotatable bonds is 5. The summed E-state index contributed by atoms with van der Waals surface area (Å²) in [4.78, 5) is 2.43. The minimum atomic E-state index is 0.374. The van der Waals surface area contributed by atoms with Crippen LogP contribution in [0.15, 0.2) is 18.2 Å². The van der Waals surface area contributed by atoms with E-state index in [1.807, 2.05) is 12.1 Å². The normalized spacial score (nSPS) is 20.4. The van der Waals surface area contributed by atoms with Gasteiger partial charge in [-0.2, -0.15) is 0 Å². The number of nitrogens with zero attached hydrogens (tertiary/aromatic N) is 1. The molecule has 2 N–H and O–H groups in total. The van der Waals surface area contributed by atoms with Gasteiger partial charge in [-0.15, -0.1) is 0 Å². The van der Waals surface area contributed by atoms with Crippen molar-refractivity contribution in [2.45, 2.75) is 32.4 Å². The Bertz CT molecular complexity index is 407. The molecular formula is C15H24N2O2. The van der Waals surface area contributed by atoms with E-state index in [0.717, 1.165) is 37.7 Å². The molecule has 4 nitrogen and oxygen atoms in total. The Balaban J connectivity index is 2.00. The Morgan fingerprint density at radius 3 is 3.00 bits per heavy atom. The molecule has 1 fully saturated rings. The average Bonchev–Trinajstić information content (AvgIpc) is 2.41. The van der Waals surface area contributed by atoms with Crippen LogP contribution < -0.4 is 10.5 Å². The number of likely N-dealkylation sites (tertiary alicyclic amines) is 1. The van der Waals surface area contributed by atoms with E-state index in [-0.39, 0.29) is 0 Å². The molecule has 0 amide bonds. The van der Waals surface area contributed by atoms with E-state index in [4.69, 9.17) is 15.2 Å². The molecule has 0 spiro atoms. The lowest BCUT2D eigenvalue weighted by Crippen LogP contribution is -2.39. The Morgan fingerprint density at radius 2 is 2.26 bits per heavy atom. The SMILES string of the molecule is CCOC1CCCN(Cc2ccc(N)cc2OC)C1. The second-order valence-corrected chi connectivity index (χ2v) is 5.03. The third-order valence-electron chi connectivity index (χ3n) is 3.57.